The van der Waals surface area contributed by atoms with Gasteiger partial charge < -0.3 is 15.0 Å². The first-order chi connectivity index (χ1) is 8.70. The molecule has 3 nitrogen and oxygen atoms in total. The van der Waals surface area contributed by atoms with Crippen molar-refractivity contribution >= 4 is 0 Å². The summed E-state index contributed by atoms with van der Waals surface area (Å²) in [4.78, 5) is 2.35. The lowest BCUT2D eigenvalue weighted by atomic mass is 10.0. The van der Waals surface area contributed by atoms with Crippen molar-refractivity contribution < 1.29 is 4.74 Å². The molecule has 0 amide bonds. The Morgan fingerprint density at radius 2 is 2.22 bits per heavy atom. The summed E-state index contributed by atoms with van der Waals surface area (Å²) >= 11 is 0. The Morgan fingerprint density at radius 1 is 1.39 bits per heavy atom. The molecular formula is C15H26N2O. The fourth-order valence-electron chi connectivity index (χ4n) is 2.77. The third kappa shape index (κ3) is 3.29. The van der Waals surface area contributed by atoms with E-state index >= 15 is 0 Å². The Labute approximate surface area is 111 Å². The Morgan fingerprint density at radius 3 is 3.00 bits per heavy atom. The van der Waals surface area contributed by atoms with Crippen LogP contribution < -0.4 is 5.32 Å². The largest absolute Gasteiger partial charge is 0.491 e. The maximum atomic E-state index is 5.97. The number of nitrogens with one attached hydrogen (secondary N) is 1. The standard InChI is InChI=1S/C15H26N2O/c1-4-15-14(17(3)11-12(2)18-15)10-13-6-5-8-16-9-7-13/h10,12,16H,4-9,11H2,1-3H3/b13-10+. The molecule has 0 radical (unpaired) electrons. The van der Waals surface area contributed by atoms with Gasteiger partial charge in [0.1, 0.15) is 11.9 Å². The number of hydrogen-bond acceptors (Lipinski definition) is 3. The van der Waals surface area contributed by atoms with E-state index < -0.39 is 0 Å². The van der Waals surface area contributed by atoms with Crippen LogP contribution >= 0.6 is 0 Å². The second-order valence-electron chi connectivity index (χ2n) is 5.38. The van der Waals surface area contributed by atoms with E-state index in [-0.39, 0.29) is 0 Å². The Hall–Kier alpha value is -0.960. The monoisotopic (exact) mass is 250 g/mol. The van der Waals surface area contributed by atoms with Gasteiger partial charge in [0.25, 0.3) is 0 Å². The molecule has 0 aromatic heterocycles. The van der Waals surface area contributed by atoms with Gasteiger partial charge >= 0.3 is 0 Å². The molecule has 1 fully saturated rings. The SMILES string of the molecule is CCC1=C(/C=C2\CCCNCC2)N(C)CC(C)O1. The van der Waals surface area contributed by atoms with Gasteiger partial charge in [0.15, 0.2) is 0 Å². The first-order valence-corrected chi connectivity index (χ1v) is 7.21. The highest BCUT2D eigenvalue weighted by molar-refractivity contribution is 5.27. The van der Waals surface area contributed by atoms with Crippen molar-refractivity contribution in [3.05, 3.63) is 23.1 Å². The average Bonchev–Trinajstić information content (AvgIpc) is 2.60. The molecule has 102 valence electrons. The van der Waals surface area contributed by atoms with Gasteiger partial charge in [-0.1, -0.05) is 12.5 Å². The van der Waals surface area contributed by atoms with E-state index in [1.807, 2.05) is 0 Å². The van der Waals surface area contributed by atoms with Crippen molar-refractivity contribution in [1.29, 1.82) is 0 Å². The molecule has 3 heteroatoms. The third-order valence-electron chi connectivity index (χ3n) is 3.71. The van der Waals surface area contributed by atoms with Crippen LogP contribution in [0.1, 0.15) is 39.5 Å². The van der Waals surface area contributed by atoms with E-state index in [1.165, 1.54) is 25.0 Å². The fourth-order valence-corrected chi connectivity index (χ4v) is 2.77. The van der Waals surface area contributed by atoms with E-state index in [2.05, 4.69) is 37.2 Å². The predicted molar refractivity (Wildman–Crippen MR) is 75.3 cm³/mol. The molecule has 18 heavy (non-hydrogen) atoms. The normalized spacial score (nSPS) is 28.3. The van der Waals surface area contributed by atoms with Gasteiger partial charge in [-0.05, 0) is 45.4 Å². The number of nitrogens with zero attached hydrogens (tertiary/aromatic N) is 1. The highest BCUT2D eigenvalue weighted by Gasteiger charge is 2.21. The summed E-state index contributed by atoms with van der Waals surface area (Å²) in [5.74, 6) is 1.15. The van der Waals surface area contributed by atoms with Crippen molar-refractivity contribution in [1.82, 2.24) is 10.2 Å². The minimum absolute atomic E-state index is 0.308. The molecule has 0 bridgehead atoms. The summed E-state index contributed by atoms with van der Waals surface area (Å²) in [6, 6.07) is 0. The summed E-state index contributed by atoms with van der Waals surface area (Å²) in [6.07, 6.45) is 7.30. The summed E-state index contributed by atoms with van der Waals surface area (Å²) in [6.45, 7) is 7.57. The van der Waals surface area contributed by atoms with E-state index in [1.54, 1.807) is 5.57 Å². The summed E-state index contributed by atoms with van der Waals surface area (Å²) in [5, 5.41) is 3.46. The average molecular weight is 250 g/mol. The van der Waals surface area contributed by atoms with Gasteiger partial charge in [0.2, 0.25) is 0 Å². The fraction of sp³-hybridized carbons (Fsp3) is 0.733. The minimum Gasteiger partial charge on any atom is -0.491 e. The van der Waals surface area contributed by atoms with Crippen LogP contribution in [0.2, 0.25) is 0 Å². The van der Waals surface area contributed by atoms with Crippen molar-refractivity contribution in [3.63, 3.8) is 0 Å². The molecule has 1 atom stereocenters. The lowest BCUT2D eigenvalue weighted by Crippen LogP contribution is -2.34. The first kappa shape index (κ1) is 13.5. The second kappa shape index (κ2) is 6.28. The molecule has 1 saturated heterocycles. The Bertz CT molecular complexity index is 336. The van der Waals surface area contributed by atoms with E-state index in [9.17, 15) is 0 Å². The zero-order valence-electron chi connectivity index (χ0n) is 12.0. The van der Waals surface area contributed by atoms with Gasteiger partial charge in [-0.2, -0.15) is 0 Å². The summed E-state index contributed by atoms with van der Waals surface area (Å²) < 4.78 is 5.97. The first-order valence-electron chi connectivity index (χ1n) is 7.21. The minimum atomic E-state index is 0.308. The number of allylic oxidation sites excluding steroid dienone is 2. The molecule has 1 unspecified atom stereocenters. The van der Waals surface area contributed by atoms with E-state index in [4.69, 9.17) is 4.74 Å². The van der Waals surface area contributed by atoms with Crippen molar-refractivity contribution in [2.75, 3.05) is 26.7 Å². The number of rotatable bonds is 2. The molecule has 2 aliphatic heterocycles. The number of hydrogen-bond donors (Lipinski definition) is 1. The van der Waals surface area contributed by atoms with Gasteiger partial charge in [-0.3, -0.25) is 0 Å². The summed E-state index contributed by atoms with van der Waals surface area (Å²) in [5.41, 5.74) is 2.86. The second-order valence-corrected chi connectivity index (χ2v) is 5.38. The van der Waals surface area contributed by atoms with Crippen LogP contribution in [0.25, 0.3) is 0 Å². The van der Waals surface area contributed by atoms with Crippen molar-refractivity contribution in [2.24, 2.45) is 0 Å². The van der Waals surface area contributed by atoms with Gasteiger partial charge in [-0.25, -0.2) is 0 Å². The highest BCUT2D eigenvalue weighted by atomic mass is 16.5. The molecule has 0 aromatic carbocycles. The number of ether oxygens (including phenoxy) is 1. The lowest BCUT2D eigenvalue weighted by molar-refractivity contribution is 0.0693. The van der Waals surface area contributed by atoms with Crippen LogP contribution in [0.3, 0.4) is 0 Å². The molecule has 2 heterocycles. The smallest absolute Gasteiger partial charge is 0.119 e. The van der Waals surface area contributed by atoms with Crippen LogP contribution in [-0.2, 0) is 4.74 Å². The maximum Gasteiger partial charge on any atom is 0.119 e. The van der Waals surface area contributed by atoms with Gasteiger partial charge in [0, 0.05) is 13.5 Å². The number of likely N-dealkylation sites (N-methyl/N-ethyl adjacent to an activating group) is 1. The van der Waals surface area contributed by atoms with E-state index in [0.717, 1.165) is 31.8 Å². The predicted octanol–water partition coefficient (Wildman–Crippen LogP) is 2.66. The Balaban J connectivity index is 2.20. The van der Waals surface area contributed by atoms with Gasteiger partial charge in [0.05, 0.1) is 12.2 Å². The molecule has 0 saturated carbocycles. The van der Waals surface area contributed by atoms with Crippen LogP contribution in [0.4, 0.5) is 0 Å². The van der Waals surface area contributed by atoms with Crippen LogP contribution in [-0.4, -0.2) is 37.7 Å². The molecular weight excluding hydrogens is 224 g/mol. The van der Waals surface area contributed by atoms with Crippen LogP contribution in [0.5, 0.6) is 0 Å². The molecule has 0 aromatic rings. The Kier molecular flexibility index (Phi) is 4.70. The summed E-state index contributed by atoms with van der Waals surface area (Å²) in [7, 11) is 2.18. The molecule has 0 spiro atoms. The molecule has 1 N–H and O–H groups in total. The molecule has 0 aliphatic carbocycles. The zero-order valence-corrected chi connectivity index (χ0v) is 12.0. The zero-order chi connectivity index (χ0) is 13.0. The van der Waals surface area contributed by atoms with Crippen LogP contribution in [0, 0.1) is 0 Å². The van der Waals surface area contributed by atoms with Crippen molar-refractivity contribution in [3.8, 4) is 0 Å². The molecule has 2 rings (SSSR count). The van der Waals surface area contributed by atoms with E-state index in [0.29, 0.717) is 6.10 Å². The third-order valence-corrected chi connectivity index (χ3v) is 3.71. The maximum absolute atomic E-state index is 5.97. The van der Waals surface area contributed by atoms with Crippen LogP contribution in [0.15, 0.2) is 23.1 Å². The molecule has 2 aliphatic rings. The highest BCUT2D eigenvalue weighted by Crippen LogP contribution is 2.25. The quantitative estimate of drug-likeness (QED) is 0.815. The van der Waals surface area contributed by atoms with Gasteiger partial charge in [-0.15, -0.1) is 0 Å². The topological polar surface area (TPSA) is 24.5 Å². The van der Waals surface area contributed by atoms with Crippen molar-refractivity contribution in [2.45, 2.75) is 45.6 Å². The lowest BCUT2D eigenvalue weighted by Gasteiger charge is -2.33.